The molecule has 26 heavy (non-hydrogen) atoms. The number of benzene rings is 1. The molecule has 0 amide bonds. The predicted octanol–water partition coefficient (Wildman–Crippen LogP) is 3.02. The molecule has 3 rings (SSSR count). The Balaban J connectivity index is 1.90. The molecule has 0 saturated carbocycles. The molecule has 0 spiro atoms. The first kappa shape index (κ1) is 18.9. The fourth-order valence-corrected chi connectivity index (χ4v) is 3.84. The van der Waals surface area contributed by atoms with Crippen molar-refractivity contribution in [3.63, 3.8) is 0 Å². The van der Waals surface area contributed by atoms with Crippen LogP contribution in [0, 0.1) is 13.8 Å². The van der Waals surface area contributed by atoms with Crippen molar-refractivity contribution in [1.29, 1.82) is 0 Å². The van der Waals surface area contributed by atoms with E-state index in [9.17, 15) is 4.79 Å². The first-order valence-electron chi connectivity index (χ1n) is 9.25. The van der Waals surface area contributed by atoms with Gasteiger partial charge in [0.25, 0.3) is 5.56 Å². The molecule has 2 N–H and O–H groups in total. The normalized spacial score (nSPS) is 16.8. The van der Waals surface area contributed by atoms with E-state index in [1.807, 2.05) is 26.0 Å². The van der Waals surface area contributed by atoms with E-state index in [0.29, 0.717) is 18.2 Å². The fourth-order valence-electron chi connectivity index (χ4n) is 3.56. The van der Waals surface area contributed by atoms with Crippen molar-refractivity contribution < 1.29 is 4.74 Å². The molecule has 1 aliphatic rings. The SMILES string of the molecule is CCNC(=S)N(Cc1cc2c(C)cc(C)cc2[nH]c1=O)CC1CCCO1. The average Bonchev–Trinajstić information content (AvgIpc) is 3.08. The van der Waals surface area contributed by atoms with Crippen LogP contribution in [-0.2, 0) is 11.3 Å². The van der Waals surface area contributed by atoms with Crippen molar-refractivity contribution in [2.45, 2.75) is 46.3 Å². The summed E-state index contributed by atoms with van der Waals surface area (Å²) in [5.74, 6) is 0. The summed E-state index contributed by atoms with van der Waals surface area (Å²) < 4.78 is 5.77. The zero-order valence-electron chi connectivity index (χ0n) is 15.7. The molecule has 1 unspecified atom stereocenters. The van der Waals surface area contributed by atoms with Gasteiger partial charge < -0.3 is 19.9 Å². The van der Waals surface area contributed by atoms with Crippen LogP contribution in [0.15, 0.2) is 23.0 Å². The van der Waals surface area contributed by atoms with Gasteiger partial charge in [0.15, 0.2) is 5.11 Å². The van der Waals surface area contributed by atoms with Gasteiger partial charge in [0.1, 0.15) is 0 Å². The summed E-state index contributed by atoms with van der Waals surface area (Å²) in [6.45, 7) is 8.88. The molecule has 0 radical (unpaired) electrons. The minimum absolute atomic E-state index is 0.0564. The lowest BCUT2D eigenvalue weighted by atomic mass is 10.0. The van der Waals surface area contributed by atoms with Crippen LogP contribution in [0.1, 0.15) is 36.5 Å². The van der Waals surface area contributed by atoms with Gasteiger partial charge in [0, 0.05) is 36.2 Å². The number of aromatic amines is 1. The maximum Gasteiger partial charge on any atom is 0.253 e. The number of aromatic nitrogens is 1. The maximum absolute atomic E-state index is 12.6. The summed E-state index contributed by atoms with van der Waals surface area (Å²) in [5.41, 5.74) is 3.86. The van der Waals surface area contributed by atoms with Crippen LogP contribution in [0.2, 0.25) is 0 Å². The Morgan fingerprint density at radius 2 is 2.19 bits per heavy atom. The highest BCUT2D eigenvalue weighted by Gasteiger charge is 2.22. The zero-order valence-corrected chi connectivity index (χ0v) is 16.5. The Kier molecular flexibility index (Phi) is 5.94. The third-order valence-corrected chi connectivity index (χ3v) is 5.22. The molecule has 1 saturated heterocycles. The first-order chi connectivity index (χ1) is 12.5. The molecule has 2 aromatic rings. The van der Waals surface area contributed by atoms with Crippen LogP contribution in [0.3, 0.4) is 0 Å². The topological polar surface area (TPSA) is 57.4 Å². The fraction of sp³-hybridized carbons (Fsp3) is 0.500. The van der Waals surface area contributed by atoms with E-state index in [1.54, 1.807) is 0 Å². The molecule has 1 aromatic heterocycles. The molecular formula is C20H27N3O2S. The van der Waals surface area contributed by atoms with Gasteiger partial charge >= 0.3 is 0 Å². The number of pyridine rings is 1. The lowest BCUT2D eigenvalue weighted by Gasteiger charge is -2.28. The maximum atomic E-state index is 12.6. The number of rotatable bonds is 5. The van der Waals surface area contributed by atoms with E-state index in [1.165, 1.54) is 0 Å². The van der Waals surface area contributed by atoms with E-state index in [0.717, 1.165) is 53.6 Å². The van der Waals surface area contributed by atoms with Crippen molar-refractivity contribution in [3.05, 3.63) is 45.2 Å². The Bertz CT molecular complexity index is 856. The second-order valence-corrected chi connectivity index (χ2v) is 7.40. The Hall–Kier alpha value is -1.92. The van der Waals surface area contributed by atoms with Crippen molar-refractivity contribution in [2.24, 2.45) is 0 Å². The van der Waals surface area contributed by atoms with E-state index >= 15 is 0 Å². The lowest BCUT2D eigenvalue weighted by Crippen LogP contribution is -2.43. The van der Waals surface area contributed by atoms with Crippen LogP contribution in [0.4, 0.5) is 0 Å². The highest BCUT2D eigenvalue weighted by Crippen LogP contribution is 2.20. The second kappa shape index (κ2) is 8.18. The highest BCUT2D eigenvalue weighted by molar-refractivity contribution is 7.80. The number of nitrogens with zero attached hydrogens (tertiary/aromatic N) is 1. The van der Waals surface area contributed by atoms with Gasteiger partial charge in [-0.2, -0.15) is 0 Å². The number of hydrogen-bond acceptors (Lipinski definition) is 3. The van der Waals surface area contributed by atoms with Crippen LogP contribution in [0.25, 0.3) is 10.9 Å². The van der Waals surface area contributed by atoms with Gasteiger partial charge in [-0.25, -0.2) is 0 Å². The van der Waals surface area contributed by atoms with Crippen LogP contribution in [-0.4, -0.2) is 40.8 Å². The molecule has 5 nitrogen and oxygen atoms in total. The summed E-state index contributed by atoms with van der Waals surface area (Å²) in [5, 5.41) is 4.95. The van der Waals surface area contributed by atoms with Gasteiger partial charge in [-0.1, -0.05) is 6.07 Å². The average molecular weight is 374 g/mol. The molecule has 2 heterocycles. The minimum atomic E-state index is -0.0564. The summed E-state index contributed by atoms with van der Waals surface area (Å²) in [6.07, 6.45) is 2.30. The molecule has 1 atom stereocenters. The van der Waals surface area contributed by atoms with Gasteiger partial charge in [-0.05, 0) is 69.1 Å². The number of H-pyrrole nitrogens is 1. The second-order valence-electron chi connectivity index (χ2n) is 7.02. The standard InChI is InChI=1S/C20H27N3O2S/c1-4-21-20(26)23(12-16-6-5-7-25-16)11-15-10-17-14(3)8-13(2)9-18(17)22-19(15)24/h8-10,16H,4-7,11-12H2,1-3H3,(H,21,26)(H,22,24). The third-order valence-electron chi connectivity index (χ3n) is 4.81. The summed E-state index contributed by atoms with van der Waals surface area (Å²) >= 11 is 5.54. The van der Waals surface area contributed by atoms with Crippen molar-refractivity contribution in [2.75, 3.05) is 19.7 Å². The molecule has 0 bridgehead atoms. The van der Waals surface area contributed by atoms with Gasteiger partial charge in [0.05, 0.1) is 12.6 Å². The van der Waals surface area contributed by atoms with Crippen LogP contribution < -0.4 is 10.9 Å². The first-order valence-corrected chi connectivity index (χ1v) is 9.66. The van der Waals surface area contributed by atoms with Crippen molar-refractivity contribution in [1.82, 2.24) is 15.2 Å². The number of hydrogen-bond donors (Lipinski definition) is 2. The van der Waals surface area contributed by atoms with Gasteiger partial charge in [-0.3, -0.25) is 4.79 Å². The summed E-state index contributed by atoms with van der Waals surface area (Å²) in [7, 11) is 0. The smallest absolute Gasteiger partial charge is 0.253 e. The number of fused-ring (bicyclic) bond motifs is 1. The molecular weight excluding hydrogens is 346 g/mol. The van der Waals surface area contributed by atoms with E-state index in [4.69, 9.17) is 17.0 Å². The van der Waals surface area contributed by atoms with Gasteiger partial charge in [0.2, 0.25) is 0 Å². The number of thiocarbonyl (C=S) groups is 1. The predicted molar refractivity (Wildman–Crippen MR) is 110 cm³/mol. The Morgan fingerprint density at radius 1 is 1.38 bits per heavy atom. The third kappa shape index (κ3) is 4.24. The van der Waals surface area contributed by atoms with E-state index < -0.39 is 0 Å². The molecule has 1 aliphatic heterocycles. The van der Waals surface area contributed by atoms with E-state index in [-0.39, 0.29) is 11.7 Å². The van der Waals surface area contributed by atoms with Crippen molar-refractivity contribution >= 4 is 28.2 Å². The Morgan fingerprint density at radius 3 is 2.88 bits per heavy atom. The number of nitrogens with one attached hydrogen (secondary N) is 2. The zero-order chi connectivity index (χ0) is 18.7. The quantitative estimate of drug-likeness (QED) is 0.789. The summed E-state index contributed by atoms with van der Waals surface area (Å²) in [4.78, 5) is 17.7. The number of aryl methyl sites for hydroxylation is 2. The molecule has 140 valence electrons. The van der Waals surface area contributed by atoms with Crippen LogP contribution in [0.5, 0.6) is 0 Å². The largest absolute Gasteiger partial charge is 0.376 e. The molecule has 1 fully saturated rings. The lowest BCUT2D eigenvalue weighted by molar-refractivity contribution is 0.0897. The van der Waals surface area contributed by atoms with Gasteiger partial charge in [-0.15, -0.1) is 0 Å². The molecule has 0 aliphatic carbocycles. The Labute approximate surface area is 159 Å². The monoisotopic (exact) mass is 373 g/mol. The molecule has 1 aromatic carbocycles. The minimum Gasteiger partial charge on any atom is -0.376 e. The number of ether oxygens (including phenoxy) is 1. The van der Waals surface area contributed by atoms with Crippen molar-refractivity contribution in [3.8, 4) is 0 Å². The van der Waals surface area contributed by atoms with Crippen LogP contribution >= 0.6 is 12.2 Å². The summed E-state index contributed by atoms with van der Waals surface area (Å²) in [6, 6.07) is 6.15. The molecule has 6 heteroatoms. The highest BCUT2D eigenvalue weighted by atomic mass is 32.1. The van der Waals surface area contributed by atoms with E-state index in [2.05, 4.69) is 28.2 Å².